The first-order valence-corrected chi connectivity index (χ1v) is 11.5. The van der Waals surface area contributed by atoms with Gasteiger partial charge in [-0.05, 0) is 36.5 Å². The van der Waals surface area contributed by atoms with Gasteiger partial charge in [-0.2, -0.15) is 0 Å². The first-order valence-electron chi connectivity index (χ1n) is 9.55. The monoisotopic (exact) mass is 399 g/mol. The maximum Gasteiger partial charge on any atom is 0.307 e. The molecule has 28 heavy (non-hydrogen) atoms. The molecule has 1 heterocycles. The second kappa shape index (κ2) is 8.76. The second-order valence-corrected chi connectivity index (χ2v) is 9.71. The van der Waals surface area contributed by atoms with Gasteiger partial charge in [0.25, 0.3) is 0 Å². The van der Waals surface area contributed by atoms with Gasteiger partial charge in [0.15, 0.2) is 0 Å². The van der Waals surface area contributed by atoms with Gasteiger partial charge in [-0.3, -0.25) is 9.36 Å². The number of benzene rings is 2. The van der Waals surface area contributed by atoms with Gasteiger partial charge in [0.05, 0.1) is 5.92 Å². The lowest BCUT2D eigenvalue weighted by Crippen LogP contribution is -2.29. The van der Waals surface area contributed by atoms with Crippen LogP contribution in [-0.4, -0.2) is 26.6 Å². The second-order valence-electron chi connectivity index (χ2n) is 7.22. The summed E-state index contributed by atoms with van der Waals surface area (Å²) in [6, 6.07) is 17.0. The van der Waals surface area contributed by atoms with Crippen molar-refractivity contribution in [1.29, 1.82) is 0 Å². The molecule has 0 spiro atoms. The number of rotatable bonds is 9. The fraction of sp³-hybridized carbons (Fsp3) is 0.318. The SMILES string of the molecule is CCC(C(CCc1c[nH]c2ccccc12)C(=O)O)P(=O)(O)Cc1ccccc1. The zero-order valence-electron chi connectivity index (χ0n) is 15.9. The Labute approximate surface area is 164 Å². The van der Waals surface area contributed by atoms with Crippen LogP contribution in [0, 0.1) is 5.92 Å². The van der Waals surface area contributed by atoms with Crippen LogP contribution in [0.4, 0.5) is 0 Å². The fourth-order valence-electron chi connectivity index (χ4n) is 3.94. The highest BCUT2D eigenvalue weighted by Crippen LogP contribution is 2.54. The Bertz CT molecular complexity index is 982. The van der Waals surface area contributed by atoms with E-state index in [1.54, 1.807) is 19.1 Å². The lowest BCUT2D eigenvalue weighted by molar-refractivity contribution is -0.142. The molecule has 6 heteroatoms. The molecule has 0 aliphatic heterocycles. The first kappa shape index (κ1) is 20.4. The Morgan fingerprint density at radius 3 is 2.46 bits per heavy atom. The minimum atomic E-state index is -3.68. The molecule has 3 rings (SSSR count). The summed E-state index contributed by atoms with van der Waals surface area (Å²) in [6.45, 7) is 1.79. The van der Waals surface area contributed by atoms with Crippen LogP contribution >= 0.6 is 7.37 Å². The maximum absolute atomic E-state index is 13.1. The molecule has 3 atom stereocenters. The summed E-state index contributed by atoms with van der Waals surface area (Å²) in [4.78, 5) is 25.9. The van der Waals surface area contributed by atoms with Gasteiger partial charge in [0.1, 0.15) is 0 Å². The Hall–Kier alpha value is -2.36. The van der Waals surface area contributed by atoms with E-state index < -0.39 is 24.9 Å². The van der Waals surface area contributed by atoms with E-state index in [1.165, 1.54) is 0 Å². The maximum atomic E-state index is 13.1. The number of hydrogen-bond donors (Lipinski definition) is 3. The molecule has 3 N–H and O–H groups in total. The highest BCUT2D eigenvalue weighted by atomic mass is 31.2. The lowest BCUT2D eigenvalue weighted by Gasteiger charge is -2.27. The molecule has 1 aromatic heterocycles. The van der Waals surface area contributed by atoms with Crippen molar-refractivity contribution in [2.45, 2.75) is 38.0 Å². The van der Waals surface area contributed by atoms with Crippen LogP contribution in [0.15, 0.2) is 60.8 Å². The highest BCUT2D eigenvalue weighted by Gasteiger charge is 2.39. The molecule has 3 aromatic rings. The van der Waals surface area contributed by atoms with Crippen LogP contribution in [-0.2, 0) is 21.9 Å². The quantitative estimate of drug-likeness (QED) is 0.439. The van der Waals surface area contributed by atoms with Crippen LogP contribution in [0.2, 0.25) is 0 Å². The third kappa shape index (κ3) is 4.54. The first-order chi connectivity index (χ1) is 13.4. The van der Waals surface area contributed by atoms with Crippen LogP contribution in [0.25, 0.3) is 10.9 Å². The number of aliphatic carboxylic acids is 1. The molecule has 3 unspecified atom stereocenters. The molecule has 0 saturated carbocycles. The van der Waals surface area contributed by atoms with Crippen LogP contribution in [0.1, 0.15) is 30.9 Å². The number of nitrogens with one attached hydrogen (secondary N) is 1. The topological polar surface area (TPSA) is 90.4 Å². The van der Waals surface area contributed by atoms with Gasteiger partial charge < -0.3 is 15.0 Å². The Morgan fingerprint density at radius 1 is 1.11 bits per heavy atom. The van der Waals surface area contributed by atoms with Crippen molar-refractivity contribution in [1.82, 2.24) is 4.98 Å². The summed E-state index contributed by atoms with van der Waals surface area (Å²) < 4.78 is 13.1. The standard InChI is InChI=1S/C22H26NO4P/c1-2-21(28(26,27)15-16-8-4-3-5-9-16)19(22(24)25)13-12-17-14-23-20-11-7-6-10-18(17)20/h3-11,14,19,21,23H,2,12-13,15H2,1H3,(H,24,25)(H,26,27). The number of aromatic amines is 1. The molecule has 0 aliphatic carbocycles. The summed E-state index contributed by atoms with van der Waals surface area (Å²) >= 11 is 0. The average molecular weight is 399 g/mol. The number of carbonyl (C=O) groups is 1. The fourth-order valence-corrected chi connectivity index (χ4v) is 6.32. The van der Waals surface area contributed by atoms with Crippen LogP contribution < -0.4 is 0 Å². The summed E-state index contributed by atoms with van der Waals surface area (Å²) in [5.41, 5.74) is 2.03. The number of fused-ring (bicyclic) bond motifs is 1. The average Bonchev–Trinajstić information content (AvgIpc) is 3.08. The van der Waals surface area contributed by atoms with Crippen molar-refractivity contribution in [3.8, 4) is 0 Å². The highest BCUT2D eigenvalue weighted by molar-refractivity contribution is 7.58. The number of aryl methyl sites for hydroxylation is 1. The lowest BCUT2D eigenvalue weighted by atomic mass is 9.95. The molecule has 0 bridgehead atoms. The molecule has 0 fully saturated rings. The largest absolute Gasteiger partial charge is 0.481 e. The van der Waals surface area contributed by atoms with E-state index in [9.17, 15) is 19.4 Å². The van der Waals surface area contributed by atoms with E-state index in [1.807, 2.05) is 48.7 Å². The van der Waals surface area contributed by atoms with E-state index in [2.05, 4.69) is 4.98 Å². The van der Waals surface area contributed by atoms with Gasteiger partial charge >= 0.3 is 5.97 Å². The molecular formula is C22H26NO4P. The normalized spacial score (nSPS) is 15.8. The summed E-state index contributed by atoms with van der Waals surface area (Å²) in [7, 11) is -3.68. The molecule has 2 aromatic carbocycles. The van der Waals surface area contributed by atoms with Crippen molar-refractivity contribution in [2.24, 2.45) is 5.92 Å². The summed E-state index contributed by atoms with van der Waals surface area (Å²) in [5.74, 6) is -1.87. The van der Waals surface area contributed by atoms with Gasteiger partial charge in [-0.15, -0.1) is 0 Å². The Kier molecular flexibility index (Phi) is 6.38. The number of aromatic nitrogens is 1. The minimum Gasteiger partial charge on any atom is -0.481 e. The zero-order valence-corrected chi connectivity index (χ0v) is 16.8. The van der Waals surface area contributed by atoms with Crippen molar-refractivity contribution in [3.63, 3.8) is 0 Å². The molecule has 5 nitrogen and oxygen atoms in total. The van der Waals surface area contributed by atoms with Crippen LogP contribution in [0.3, 0.4) is 0 Å². The van der Waals surface area contributed by atoms with E-state index in [0.29, 0.717) is 19.3 Å². The van der Waals surface area contributed by atoms with Crippen molar-refractivity contribution in [2.75, 3.05) is 0 Å². The van der Waals surface area contributed by atoms with Gasteiger partial charge in [0, 0.05) is 28.9 Å². The van der Waals surface area contributed by atoms with Crippen molar-refractivity contribution in [3.05, 3.63) is 71.9 Å². The van der Waals surface area contributed by atoms with E-state index in [0.717, 1.165) is 22.0 Å². The number of para-hydroxylation sites is 1. The van der Waals surface area contributed by atoms with Crippen LogP contribution in [0.5, 0.6) is 0 Å². The molecule has 148 valence electrons. The van der Waals surface area contributed by atoms with E-state index in [4.69, 9.17) is 0 Å². The molecule has 0 amide bonds. The zero-order chi connectivity index (χ0) is 20.1. The predicted octanol–water partition coefficient (Wildman–Crippen LogP) is 5.05. The van der Waals surface area contributed by atoms with Gasteiger partial charge in [-0.25, -0.2) is 0 Å². The van der Waals surface area contributed by atoms with Gasteiger partial charge in [-0.1, -0.05) is 55.5 Å². The third-order valence-corrected chi connectivity index (χ3v) is 7.95. The number of carboxylic acid groups (broad SMARTS) is 1. The molecule has 0 saturated heterocycles. The summed E-state index contributed by atoms with van der Waals surface area (Å²) in [6.07, 6.45) is 3.12. The van der Waals surface area contributed by atoms with Crippen molar-refractivity contribution < 1.29 is 19.4 Å². The van der Waals surface area contributed by atoms with E-state index in [-0.39, 0.29) is 6.16 Å². The predicted molar refractivity (Wildman–Crippen MR) is 112 cm³/mol. The minimum absolute atomic E-state index is 0.00319. The Morgan fingerprint density at radius 2 is 1.79 bits per heavy atom. The Balaban J connectivity index is 1.79. The number of H-pyrrole nitrogens is 1. The third-order valence-electron chi connectivity index (χ3n) is 5.37. The molecular weight excluding hydrogens is 373 g/mol. The smallest absolute Gasteiger partial charge is 0.307 e. The van der Waals surface area contributed by atoms with Crippen molar-refractivity contribution >= 4 is 24.2 Å². The molecule has 0 radical (unpaired) electrons. The number of hydrogen-bond acceptors (Lipinski definition) is 2. The van der Waals surface area contributed by atoms with E-state index >= 15 is 0 Å². The number of carboxylic acids is 1. The summed E-state index contributed by atoms with van der Waals surface area (Å²) in [5, 5.41) is 10.9. The molecule has 0 aliphatic rings. The van der Waals surface area contributed by atoms with Gasteiger partial charge in [0.2, 0.25) is 7.37 Å².